The summed E-state index contributed by atoms with van der Waals surface area (Å²) in [5.41, 5.74) is 2.60. The Bertz CT molecular complexity index is 566. The van der Waals surface area contributed by atoms with Gasteiger partial charge < -0.3 is 14.8 Å². The molecule has 0 amide bonds. The minimum atomic E-state index is 0.325. The van der Waals surface area contributed by atoms with Gasteiger partial charge in [0.25, 0.3) is 0 Å². The molecule has 118 valence electrons. The van der Waals surface area contributed by atoms with E-state index in [-0.39, 0.29) is 0 Å². The Morgan fingerprint density at radius 3 is 2.36 bits per heavy atom. The molecule has 22 heavy (non-hydrogen) atoms. The normalized spacial score (nSPS) is 12.0. The highest BCUT2D eigenvalue weighted by molar-refractivity contribution is 5.30. The van der Waals surface area contributed by atoms with E-state index in [1.165, 1.54) is 11.1 Å². The molecule has 1 atom stereocenters. The molecule has 0 radical (unpaired) electrons. The Morgan fingerprint density at radius 1 is 0.955 bits per heavy atom. The molecule has 2 aromatic carbocycles. The lowest BCUT2D eigenvalue weighted by Crippen LogP contribution is -2.20. The topological polar surface area (TPSA) is 30.5 Å². The van der Waals surface area contributed by atoms with E-state index in [0.29, 0.717) is 6.04 Å². The minimum Gasteiger partial charge on any atom is -0.497 e. The molecule has 3 heteroatoms. The van der Waals surface area contributed by atoms with Crippen LogP contribution < -0.4 is 14.8 Å². The first-order valence-electron chi connectivity index (χ1n) is 7.73. The van der Waals surface area contributed by atoms with Crippen molar-refractivity contribution in [1.82, 2.24) is 5.32 Å². The molecule has 0 aliphatic heterocycles. The molecule has 0 unspecified atom stereocenters. The fourth-order valence-electron chi connectivity index (χ4n) is 2.43. The summed E-state index contributed by atoms with van der Waals surface area (Å²) in [6, 6.07) is 16.8. The SMILES string of the molecule is COc1ccc(CCCN[C@H](C)c2cccc(OC)c2)cc1. The summed E-state index contributed by atoms with van der Waals surface area (Å²) >= 11 is 0. The number of hydrogen-bond donors (Lipinski definition) is 1. The van der Waals surface area contributed by atoms with E-state index in [9.17, 15) is 0 Å². The molecule has 2 aromatic rings. The molecule has 0 aliphatic rings. The Hall–Kier alpha value is -2.00. The molecule has 0 spiro atoms. The zero-order chi connectivity index (χ0) is 15.8. The van der Waals surface area contributed by atoms with Crippen LogP contribution in [-0.2, 0) is 6.42 Å². The van der Waals surface area contributed by atoms with Crippen molar-refractivity contribution in [3.05, 3.63) is 59.7 Å². The van der Waals surface area contributed by atoms with E-state index < -0.39 is 0 Å². The van der Waals surface area contributed by atoms with Crippen molar-refractivity contribution in [3.8, 4) is 11.5 Å². The standard InChI is InChI=1S/C19H25NO2/c1-15(17-7-4-8-19(14-17)22-3)20-13-5-6-16-9-11-18(21-2)12-10-16/h4,7-12,14-15,20H,5-6,13H2,1-3H3/t15-/m1/s1. The first-order valence-corrected chi connectivity index (χ1v) is 7.73. The number of aryl methyl sites for hydroxylation is 1. The lowest BCUT2D eigenvalue weighted by atomic mass is 10.1. The predicted octanol–water partition coefficient (Wildman–Crippen LogP) is 3.99. The van der Waals surface area contributed by atoms with Crippen molar-refractivity contribution in [2.24, 2.45) is 0 Å². The summed E-state index contributed by atoms with van der Waals surface area (Å²) in [4.78, 5) is 0. The van der Waals surface area contributed by atoms with E-state index in [0.717, 1.165) is 30.9 Å². The summed E-state index contributed by atoms with van der Waals surface area (Å²) in [5, 5.41) is 3.56. The molecular weight excluding hydrogens is 274 g/mol. The molecule has 1 N–H and O–H groups in total. The minimum absolute atomic E-state index is 0.325. The number of hydrogen-bond acceptors (Lipinski definition) is 3. The maximum Gasteiger partial charge on any atom is 0.119 e. The van der Waals surface area contributed by atoms with E-state index >= 15 is 0 Å². The van der Waals surface area contributed by atoms with Gasteiger partial charge in [-0.3, -0.25) is 0 Å². The lowest BCUT2D eigenvalue weighted by Gasteiger charge is -2.15. The van der Waals surface area contributed by atoms with Gasteiger partial charge in [0.1, 0.15) is 11.5 Å². The molecule has 0 heterocycles. The van der Waals surface area contributed by atoms with Gasteiger partial charge in [0.15, 0.2) is 0 Å². The van der Waals surface area contributed by atoms with Crippen molar-refractivity contribution < 1.29 is 9.47 Å². The number of benzene rings is 2. The summed E-state index contributed by atoms with van der Waals surface area (Å²) in [6.07, 6.45) is 2.18. The molecule has 0 aliphatic carbocycles. The van der Waals surface area contributed by atoms with Crippen LogP contribution in [0.15, 0.2) is 48.5 Å². The van der Waals surface area contributed by atoms with Crippen LogP contribution in [0.4, 0.5) is 0 Å². The first-order chi connectivity index (χ1) is 10.7. The van der Waals surface area contributed by atoms with Crippen LogP contribution >= 0.6 is 0 Å². The zero-order valence-corrected chi connectivity index (χ0v) is 13.6. The smallest absolute Gasteiger partial charge is 0.119 e. The van der Waals surface area contributed by atoms with Crippen LogP contribution in [0, 0.1) is 0 Å². The molecule has 3 nitrogen and oxygen atoms in total. The van der Waals surface area contributed by atoms with Crippen molar-refractivity contribution in [3.63, 3.8) is 0 Å². The highest BCUT2D eigenvalue weighted by Crippen LogP contribution is 2.18. The number of ether oxygens (including phenoxy) is 2. The average molecular weight is 299 g/mol. The lowest BCUT2D eigenvalue weighted by molar-refractivity contribution is 0.413. The van der Waals surface area contributed by atoms with Gasteiger partial charge in [0.2, 0.25) is 0 Å². The number of rotatable bonds is 8. The second kappa shape index (κ2) is 8.44. The van der Waals surface area contributed by atoms with Gasteiger partial charge in [-0.1, -0.05) is 24.3 Å². The molecule has 0 bridgehead atoms. The second-order valence-corrected chi connectivity index (χ2v) is 5.40. The third-order valence-electron chi connectivity index (χ3n) is 3.85. The monoisotopic (exact) mass is 299 g/mol. The quantitative estimate of drug-likeness (QED) is 0.748. The van der Waals surface area contributed by atoms with Crippen LogP contribution in [0.3, 0.4) is 0 Å². The molecular formula is C19H25NO2. The van der Waals surface area contributed by atoms with Crippen molar-refractivity contribution in [1.29, 1.82) is 0 Å². The summed E-state index contributed by atoms with van der Waals surface area (Å²) in [5.74, 6) is 1.82. The Kier molecular flexibility index (Phi) is 6.28. The highest BCUT2D eigenvalue weighted by atomic mass is 16.5. The maximum atomic E-state index is 5.27. The van der Waals surface area contributed by atoms with E-state index in [4.69, 9.17) is 9.47 Å². The third kappa shape index (κ3) is 4.78. The van der Waals surface area contributed by atoms with Gasteiger partial charge >= 0.3 is 0 Å². The largest absolute Gasteiger partial charge is 0.497 e. The molecule has 0 aromatic heterocycles. The summed E-state index contributed by atoms with van der Waals surface area (Å²) in [7, 11) is 3.39. The van der Waals surface area contributed by atoms with E-state index in [1.54, 1.807) is 14.2 Å². The average Bonchev–Trinajstić information content (AvgIpc) is 2.59. The Labute approximate surface area is 133 Å². The third-order valence-corrected chi connectivity index (χ3v) is 3.85. The van der Waals surface area contributed by atoms with E-state index in [2.05, 4.69) is 36.5 Å². The zero-order valence-electron chi connectivity index (χ0n) is 13.6. The van der Waals surface area contributed by atoms with E-state index in [1.807, 2.05) is 24.3 Å². The fourth-order valence-corrected chi connectivity index (χ4v) is 2.43. The maximum absolute atomic E-state index is 5.27. The van der Waals surface area contributed by atoms with Crippen LogP contribution in [0.2, 0.25) is 0 Å². The van der Waals surface area contributed by atoms with Gasteiger partial charge in [-0.25, -0.2) is 0 Å². The van der Waals surface area contributed by atoms with Gasteiger partial charge in [0.05, 0.1) is 14.2 Å². The summed E-state index contributed by atoms with van der Waals surface area (Å²) < 4.78 is 10.4. The predicted molar refractivity (Wildman–Crippen MR) is 90.7 cm³/mol. The van der Waals surface area contributed by atoms with Crippen molar-refractivity contribution in [2.45, 2.75) is 25.8 Å². The number of nitrogens with one attached hydrogen (secondary N) is 1. The Morgan fingerprint density at radius 2 is 1.68 bits per heavy atom. The van der Waals surface area contributed by atoms with Crippen molar-refractivity contribution in [2.75, 3.05) is 20.8 Å². The second-order valence-electron chi connectivity index (χ2n) is 5.40. The highest BCUT2D eigenvalue weighted by Gasteiger charge is 2.05. The molecule has 0 fully saturated rings. The van der Waals surface area contributed by atoms with Crippen LogP contribution in [0.5, 0.6) is 11.5 Å². The first kappa shape index (κ1) is 16.4. The van der Waals surface area contributed by atoms with Crippen LogP contribution in [-0.4, -0.2) is 20.8 Å². The van der Waals surface area contributed by atoms with Crippen molar-refractivity contribution >= 4 is 0 Å². The van der Waals surface area contributed by atoms with Crippen LogP contribution in [0.1, 0.15) is 30.5 Å². The molecule has 2 rings (SSSR count). The van der Waals surface area contributed by atoms with Gasteiger partial charge in [-0.2, -0.15) is 0 Å². The van der Waals surface area contributed by atoms with Gasteiger partial charge in [0, 0.05) is 6.04 Å². The molecule has 0 saturated heterocycles. The fraction of sp³-hybridized carbons (Fsp3) is 0.368. The van der Waals surface area contributed by atoms with Gasteiger partial charge in [-0.15, -0.1) is 0 Å². The Balaban J connectivity index is 1.75. The number of methoxy groups -OCH3 is 2. The van der Waals surface area contributed by atoms with Gasteiger partial charge in [-0.05, 0) is 61.7 Å². The molecule has 0 saturated carbocycles. The van der Waals surface area contributed by atoms with Crippen LogP contribution in [0.25, 0.3) is 0 Å². The summed E-state index contributed by atoms with van der Waals surface area (Å²) in [6.45, 7) is 3.17.